The van der Waals surface area contributed by atoms with Gasteiger partial charge in [-0.1, -0.05) is 0 Å². The quantitative estimate of drug-likeness (QED) is 0.380. The van der Waals surface area contributed by atoms with Gasteiger partial charge in [0, 0.05) is 12.1 Å². The minimum Gasteiger partial charge on any atom is -0.383 e. The van der Waals surface area contributed by atoms with Crippen molar-refractivity contribution >= 4 is 40.4 Å². The van der Waals surface area contributed by atoms with Crippen LogP contribution in [0.2, 0.25) is 0 Å². The summed E-state index contributed by atoms with van der Waals surface area (Å²) in [4.78, 5) is 39.5. The molecule has 0 amide bonds. The lowest BCUT2D eigenvalue weighted by molar-refractivity contribution is -0.387. The lowest BCUT2D eigenvalue weighted by atomic mass is 10.3. The molecule has 0 atom stereocenters. The Balaban J connectivity index is 2.44. The number of ketones is 1. The Kier molecular flexibility index (Phi) is 3.86. The third-order valence-corrected chi connectivity index (χ3v) is 4.45. The molecule has 0 spiro atoms. The third kappa shape index (κ3) is 3.03. The molecule has 2 rings (SSSR count). The molecule has 0 bridgehead atoms. The number of Topliss-reactive ketones (excluding diaryl/α,β-unsaturated/α-hetero) is 1. The van der Waals surface area contributed by atoms with E-state index in [-0.39, 0.29) is 31.5 Å². The summed E-state index contributed by atoms with van der Waals surface area (Å²) in [6.45, 7) is 1.32. The molecule has 2 aromatic heterocycles. The molecule has 104 valence electrons. The normalized spacial score (nSPS) is 10.4. The zero-order valence-electron chi connectivity index (χ0n) is 10.1. The molecule has 0 aliphatic rings. The summed E-state index contributed by atoms with van der Waals surface area (Å²) in [7, 11) is 0. The van der Waals surface area contributed by atoms with Crippen LogP contribution in [-0.2, 0) is 0 Å². The van der Waals surface area contributed by atoms with Crippen LogP contribution in [0, 0.1) is 10.1 Å². The van der Waals surface area contributed by atoms with Crippen molar-refractivity contribution < 1.29 is 9.72 Å². The molecular formula is C10H8N4O4S2. The monoisotopic (exact) mass is 312 g/mol. The number of H-pyrrole nitrogens is 1. The van der Waals surface area contributed by atoms with E-state index in [4.69, 9.17) is 5.73 Å². The average Bonchev–Trinajstić information content (AvgIpc) is 2.71. The van der Waals surface area contributed by atoms with Gasteiger partial charge in [-0.05, 0) is 18.7 Å². The summed E-state index contributed by atoms with van der Waals surface area (Å²) >= 11 is 1.86. The van der Waals surface area contributed by atoms with E-state index < -0.39 is 10.5 Å². The zero-order chi connectivity index (χ0) is 14.9. The summed E-state index contributed by atoms with van der Waals surface area (Å²) in [5.74, 6) is -0.249. The first kappa shape index (κ1) is 14.2. The van der Waals surface area contributed by atoms with E-state index in [1.807, 2.05) is 0 Å². The van der Waals surface area contributed by atoms with Crippen molar-refractivity contribution in [3.63, 3.8) is 0 Å². The van der Waals surface area contributed by atoms with Crippen LogP contribution in [0.25, 0.3) is 0 Å². The predicted molar refractivity (Wildman–Crippen MR) is 74.4 cm³/mol. The second-order valence-electron chi connectivity index (χ2n) is 3.67. The molecule has 10 heteroatoms. The van der Waals surface area contributed by atoms with Gasteiger partial charge in [-0.15, -0.1) is 11.3 Å². The van der Waals surface area contributed by atoms with Crippen LogP contribution in [0.1, 0.15) is 16.6 Å². The number of aromatic amines is 1. The lowest BCUT2D eigenvalue weighted by Crippen LogP contribution is -2.09. The number of aromatic nitrogens is 2. The van der Waals surface area contributed by atoms with Crippen LogP contribution in [0.5, 0.6) is 0 Å². The van der Waals surface area contributed by atoms with E-state index in [9.17, 15) is 19.7 Å². The summed E-state index contributed by atoms with van der Waals surface area (Å²) in [6.07, 6.45) is 0. The maximum atomic E-state index is 11.3. The summed E-state index contributed by atoms with van der Waals surface area (Å²) in [5.41, 5.74) is 4.78. The Bertz CT molecular complexity index is 752. The van der Waals surface area contributed by atoms with Gasteiger partial charge in [0.05, 0.1) is 9.80 Å². The van der Waals surface area contributed by atoms with Gasteiger partial charge >= 0.3 is 0 Å². The fourth-order valence-electron chi connectivity index (χ4n) is 1.33. The van der Waals surface area contributed by atoms with Gasteiger partial charge in [0.2, 0.25) is 0 Å². The van der Waals surface area contributed by atoms with Crippen molar-refractivity contribution in [3.8, 4) is 0 Å². The van der Waals surface area contributed by atoms with Gasteiger partial charge in [-0.2, -0.15) is 0 Å². The fourth-order valence-corrected chi connectivity index (χ4v) is 3.47. The third-order valence-electron chi connectivity index (χ3n) is 2.15. The van der Waals surface area contributed by atoms with Crippen molar-refractivity contribution in [2.75, 3.05) is 5.73 Å². The second kappa shape index (κ2) is 5.43. The van der Waals surface area contributed by atoms with Crippen molar-refractivity contribution in [3.05, 3.63) is 37.5 Å². The number of hydrogen-bond donors (Lipinski definition) is 2. The van der Waals surface area contributed by atoms with E-state index in [0.717, 1.165) is 29.2 Å². The minimum atomic E-state index is -0.588. The van der Waals surface area contributed by atoms with Gasteiger partial charge in [0.25, 0.3) is 11.2 Å². The second-order valence-corrected chi connectivity index (χ2v) is 5.98. The number of carbonyl (C=O) groups excluding carboxylic acids is 1. The van der Waals surface area contributed by atoms with Crippen molar-refractivity contribution in [2.24, 2.45) is 0 Å². The molecule has 2 aromatic rings. The highest BCUT2D eigenvalue weighted by Crippen LogP contribution is 2.40. The minimum absolute atomic E-state index is 0.0160. The van der Waals surface area contributed by atoms with E-state index in [2.05, 4.69) is 9.97 Å². The topological polar surface area (TPSA) is 132 Å². The largest absolute Gasteiger partial charge is 0.383 e. The number of rotatable bonds is 4. The standard InChI is InChI=1S/C10H8N4O4S2/c1-4(15)6-2-5(14(17)18)9(19-6)20-10-12-7(11)3-8(16)13-10/h2-3H,1H3,(H3,11,12,13,16). The number of carbonyl (C=O) groups is 1. The highest BCUT2D eigenvalue weighted by Gasteiger charge is 2.22. The Labute approximate surface area is 120 Å². The highest BCUT2D eigenvalue weighted by atomic mass is 32.2. The number of hydrogen-bond acceptors (Lipinski definition) is 8. The molecule has 0 aliphatic heterocycles. The number of nitrogens with one attached hydrogen (secondary N) is 1. The molecule has 0 aliphatic carbocycles. The lowest BCUT2D eigenvalue weighted by Gasteiger charge is -1.98. The first-order chi connectivity index (χ1) is 9.36. The van der Waals surface area contributed by atoms with Gasteiger partial charge < -0.3 is 10.7 Å². The molecule has 0 fully saturated rings. The van der Waals surface area contributed by atoms with Crippen molar-refractivity contribution in [1.82, 2.24) is 9.97 Å². The average molecular weight is 312 g/mol. The van der Waals surface area contributed by atoms with Crippen LogP contribution >= 0.6 is 23.1 Å². The first-order valence-electron chi connectivity index (χ1n) is 5.20. The summed E-state index contributed by atoms with van der Waals surface area (Å²) < 4.78 is 0.258. The summed E-state index contributed by atoms with van der Waals surface area (Å²) in [5, 5.41) is 11.1. The molecule has 20 heavy (non-hydrogen) atoms. The summed E-state index contributed by atoms with van der Waals surface area (Å²) in [6, 6.07) is 2.31. The number of nitro groups is 1. The Morgan fingerprint density at radius 2 is 2.25 bits per heavy atom. The van der Waals surface area contributed by atoms with Gasteiger partial charge in [0.15, 0.2) is 10.9 Å². The predicted octanol–water partition coefficient (Wildman–Crippen LogP) is 1.68. The Morgan fingerprint density at radius 1 is 1.55 bits per heavy atom. The first-order valence-corrected chi connectivity index (χ1v) is 6.84. The molecule has 0 saturated carbocycles. The molecule has 0 unspecified atom stereocenters. The molecule has 3 N–H and O–H groups in total. The maximum absolute atomic E-state index is 11.3. The van der Waals surface area contributed by atoms with E-state index in [1.54, 1.807) is 0 Å². The van der Waals surface area contributed by atoms with E-state index >= 15 is 0 Å². The molecule has 0 saturated heterocycles. The molecule has 0 aromatic carbocycles. The fraction of sp³-hybridized carbons (Fsp3) is 0.100. The molecule has 2 heterocycles. The van der Waals surface area contributed by atoms with Gasteiger partial charge in [-0.3, -0.25) is 19.7 Å². The Hall–Kier alpha value is -2.20. The van der Waals surface area contributed by atoms with Crippen LogP contribution < -0.4 is 11.3 Å². The number of nitrogens with two attached hydrogens (primary N) is 1. The van der Waals surface area contributed by atoms with E-state index in [0.29, 0.717) is 0 Å². The van der Waals surface area contributed by atoms with Crippen LogP contribution in [-0.4, -0.2) is 20.7 Å². The molecule has 0 radical (unpaired) electrons. The number of nitrogens with zero attached hydrogens (tertiary/aromatic N) is 2. The molecule has 8 nitrogen and oxygen atoms in total. The Morgan fingerprint density at radius 3 is 2.80 bits per heavy atom. The maximum Gasteiger partial charge on any atom is 0.294 e. The molecular weight excluding hydrogens is 304 g/mol. The highest BCUT2D eigenvalue weighted by molar-refractivity contribution is 8.01. The van der Waals surface area contributed by atoms with Crippen LogP contribution in [0.4, 0.5) is 11.5 Å². The van der Waals surface area contributed by atoms with Crippen molar-refractivity contribution in [2.45, 2.75) is 16.3 Å². The number of thiophene rings is 1. The SMILES string of the molecule is CC(=O)c1cc([N+](=O)[O-])c(Sc2nc(N)cc(=O)[nH]2)s1. The van der Waals surface area contributed by atoms with Gasteiger partial charge in [0.1, 0.15) is 10.0 Å². The smallest absolute Gasteiger partial charge is 0.294 e. The zero-order valence-corrected chi connectivity index (χ0v) is 11.7. The van der Waals surface area contributed by atoms with Crippen LogP contribution in [0.3, 0.4) is 0 Å². The van der Waals surface area contributed by atoms with Crippen LogP contribution in [0.15, 0.2) is 26.3 Å². The number of anilines is 1. The number of nitrogen functional groups attached to an aromatic ring is 1. The van der Waals surface area contributed by atoms with E-state index in [1.165, 1.54) is 13.0 Å². The van der Waals surface area contributed by atoms with Gasteiger partial charge in [-0.25, -0.2) is 4.98 Å². The van der Waals surface area contributed by atoms with Crippen molar-refractivity contribution in [1.29, 1.82) is 0 Å².